The number of hydrogen-bond donors (Lipinski definition) is 0. The van der Waals surface area contributed by atoms with Gasteiger partial charge in [-0.2, -0.15) is 0 Å². The monoisotopic (exact) mass is 320 g/mol. The maximum Gasteiger partial charge on any atom is 0.227 e. The van der Waals surface area contributed by atoms with Gasteiger partial charge in [0.1, 0.15) is 0 Å². The molecule has 1 heterocycles. The third kappa shape index (κ3) is 3.35. The van der Waals surface area contributed by atoms with Crippen molar-refractivity contribution in [2.45, 2.75) is 32.9 Å². The molecule has 2 aromatic carbocycles. The molecule has 0 aliphatic rings. The molecule has 0 atom stereocenters. The van der Waals surface area contributed by atoms with E-state index >= 15 is 0 Å². The third-order valence-electron chi connectivity index (χ3n) is 4.46. The molecule has 1 amide bonds. The van der Waals surface area contributed by atoms with Gasteiger partial charge in [-0.25, -0.2) is 0 Å². The Morgan fingerprint density at radius 2 is 1.71 bits per heavy atom. The van der Waals surface area contributed by atoms with Crippen LogP contribution in [-0.4, -0.2) is 21.4 Å². The standard InChI is InChI=1S/C21H24N2O/c1-16(2)23(14-17-9-5-4-6-10-17)21(24)13-18-15-22(3)20-12-8-7-11-19(18)20/h4-12,15-16H,13-14H2,1-3H3. The number of carbonyl (C=O) groups is 1. The molecule has 24 heavy (non-hydrogen) atoms. The normalized spacial score (nSPS) is 11.2. The number of aryl methyl sites for hydroxylation is 1. The summed E-state index contributed by atoms with van der Waals surface area (Å²) >= 11 is 0. The van der Waals surface area contributed by atoms with E-state index in [1.807, 2.05) is 42.3 Å². The average molecular weight is 320 g/mol. The largest absolute Gasteiger partial charge is 0.350 e. The first-order valence-corrected chi connectivity index (χ1v) is 8.42. The lowest BCUT2D eigenvalue weighted by molar-refractivity contribution is -0.132. The average Bonchev–Trinajstić information content (AvgIpc) is 2.89. The molecule has 0 aliphatic carbocycles. The van der Waals surface area contributed by atoms with E-state index < -0.39 is 0 Å². The minimum Gasteiger partial charge on any atom is -0.350 e. The zero-order valence-electron chi connectivity index (χ0n) is 14.6. The number of para-hydroxylation sites is 1. The Morgan fingerprint density at radius 3 is 2.42 bits per heavy atom. The molecule has 3 rings (SSSR count). The van der Waals surface area contributed by atoms with Crippen molar-refractivity contribution in [3.8, 4) is 0 Å². The van der Waals surface area contributed by atoms with E-state index in [9.17, 15) is 4.79 Å². The molecule has 3 nitrogen and oxygen atoms in total. The van der Waals surface area contributed by atoms with Gasteiger partial charge in [0.15, 0.2) is 0 Å². The highest BCUT2D eigenvalue weighted by atomic mass is 16.2. The zero-order valence-corrected chi connectivity index (χ0v) is 14.6. The van der Waals surface area contributed by atoms with Gasteiger partial charge < -0.3 is 9.47 Å². The minimum atomic E-state index is 0.171. The fraction of sp³-hybridized carbons (Fsp3) is 0.286. The first-order valence-electron chi connectivity index (χ1n) is 8.42. The lowest BCUT2D eigenvalue weighted by Crippen LogP contribution is -2.37. The van der Waals surface area contributed by atoms with Crippen molar-refractivity contribution in [2.75, 3.05) is 0 Å². The number of carbonyl (C=O) groups excluding carboxylic acids is 1. The second-order valence-corrected chi connectivity index (χ2v) is 6.56. The van der Waals surface area contributed by atoms with Crippen LogP contribution in [0.1, 0.15) is 25.0 Å². The summed E-state index contributed by atoms with van der Waals surface area (Å²) in [5.74, 6) is 0.171. The maximum atomic E-state index is 12.9. The van der Waals surface area contributed by atoms with Gasteiger partial charge >= 0.3 is 0 Å². The molecular weight excluding hydrogens is 296 g/mol. The lowest BCUT2D eigenvalue weighted by Gasteiger charge is -2.27. The van der Waals surface area contributed by atoms with Crippen molar-refractivity contribution < 1.29 is 4.79 Å². The van der Waals surface area contributed by atoms with E-state index in [1.54, 1.807) is 0 Å². The molecule has 0 N–H and O–H groups in total. The van der Waals surface area contributed by atoms with Crippen molar-refractivity contribution >= 4 is 16.8 Å². The summed E-state index contributed by atoms with van der Waals surface area (Å²) in [5.41, 5.74) is 3.42. The fourth-order valence-electron chi connectivity index (χ4n) is 3.17. The van der Waals surface area contributed by atoms with Crippen LogP contribution in [0.15, 0.2) is 60.8 Å². The molecule has 0 fully saturated rings. The Bertz CT molecular complexity index is 833. The number of amides is 1. The minimum absolute atomic E-state index is 0.171. The van der Waals surface area contributed by atoms with Crippen LogP contribution in [0.4, 0.5) is 0 Å². The number of rotatable bonds is 5. The Morgan fingerprint density at radius 1 is 1.04 bits per heavy atom. The summed E-state index contributed by atoms with van der Waals surface area (Å²) in [6, 6.07) is 18.6. The van der Waals surface area contributed by atoms with E-state index in [2.05, 4.69) is 48.9 Å². The summed E-state index contributed by atoms with van der Waals surface area (Å²) in [5, 5.41) is 1.16. The smallest absolute Gasteiger partial charge is 0.227 e. The summed E-state index contributed by atoms with van der Waals surface area (Å²) in [7, 11) is 2.03. The SMILES string of the molecule is CC(C)N(Cc1ccccc1)C(=O)Cc1cn(C)c2ccccc12. The van der Waals surface area contributed by atoms with Crippen molar-refractivity contribution in [3.63, 3.8) is 0 Å². The van der Waals surface area contributed by atoms with Gasteiger partial charge in [0, 0.05) is 36.7 Å². The van der Waals surface area contributed by atoms with E-state index in [0.717, 1.165) is 16.5 Å². The second kappa shape index (κ2) is 6.91. The number of hydrogen-bond acceptors (Lipinski definition) is 1. The van der Waals surface area contributed by atoms with Crippen molar-refractivity contribution in [1.29, 1.82) is 0 Å². The van der Waals surface area contributed by atoms with E-state index in [1.165, 1.54) is 5.52 Å². The summed E-state index contributed by atoms with van der Waals surface area (Å²) < 4.78 is 2.09. The topological polar surface area (TPSA) is 25.2 Å². The number of aromatic nitrogens is 1. The first-order chi connectivity index (χ1) is 11.6. The molecule has 0 saturated carbocycles. The van der Waals surface area contributed by atoms with Gasteiger partial charge in [-0.1, -0.05) is 48.5 Å². The van der Waals surface area contributed by atoms with Crippen LogP contribution in [0.25, 0.3) is 10.9 Å². The van der Waals surface area contributed by atoms with Gasteiger partial charge in [0.25, 0.3) is 0 Å². The van der Waals surface area contributed by atoms with Gasteiger partial charge in [-0.05, 0) is 31.0 Å². The molecule has 0 aliphatic heterocycles. The van der Waals surface area contributed by atoms with E-state index in [0.29, 0.717) is 13.0 Å². The van der Waals surface area contributed by atoms with Crippen LogP contribution in [0.2, 0.25) is 0 Å². The highest BCUT2D eigenvalue weighted by Crippen LogP contribution is 2.22. The lowest BCUT2D eigenvalue weighted by atomic mass is 10.1. The zero-order chi connectivity index (χ0) is 17.1. The van der Waals surface area contributed by atoms with Gasteiger partial charge in [-0.3, -0.25) is 4.79 Å². The number of nitrogens with zero attached hydrogens (tertiary/aromatic N) is 2. The van der Waals surface area contributed by atoms with Gasteiger partial charge in [0.05, 0.1) is 6.42 Å². The molecular formula is C21H24N2O. The highest BCUT2D eigenvalue weighted by Gasteiger charge is 2.19. The summed E-state index contributed by atoms with van der Waals surface area (Å²) in [6.45, 7) is 4.80. The molecule has 124 valence electrons. The Kier molecular flexibility index (Phi) is 4.70. The fourth-order valence-corrected chi connectivity index (χ4v) is 3.17. The summed E-state index contributed by atoms with van der Waals surface area (Å²) in [4.78, 5) is 14.9. The Balaban J connectivity index is 1.83. The molecule has 0 bridgehead atoms. The Labute approximate surface area is 143 Å². The molecule has 3 heteroatoms. The summed E-state index contributed by atoms with van der Waals surface area (Å²) in [6.07, 6.45) is 2.51. The first kappa shape index (κ1) is 16.3. The van der Waals surface area contributed by atoms with E-state index in [-0.39, 0.29) is 11.9 Å². The molecule has 0 spiro atoms. The van der Waals surface area contributed by atoms with Crippen LogP contribution in [0.5, 0.6) is 0 Å². The molecule has 0 radical (unpaired) electrons. The van der Waals surface area contributed by atoms with Crippen LogP contribution in [0, 0.1) is 0 Å². The molecule has 0 unspecified atom stereocenters. The second-order valence-electron chi connectivity index (χ2n) is 6.56. The van der Waals surface area contributed by atoms with Crippen LogP contribution >= 0.6 is 0 Å². The van der Waals surface area contributed by atoms with Crippen LogP contribution in [0.3, 0.4) is 0 Å². The quantitative estimate of drug-likeness (QED) is 0.693. The molecule has 0 saturated heterocycles. The molecule has 3 aromatic rings. The molecule has 1 aromatic heterocycles. The predicted molar refractivity (Wildman–Crippen MR) is 98.8 cm³/mol. The van der Waals surface area contributed by atoms with E-state index in [4.69, 9.17) is 0 Å². The third-order valence-corrected chi connectivity index (χ3v) is 4.46. The predicted octanol–water partition coefficient (Wildman–Crippen LogP) is 4.16. The van der Waals surface area contributed by atoms with Crippen molar-refractivity contribution in [3.05, 3.63) is 71.9 Å². The van der Waals surface area contributed by atoms with Crippen LogP contribution < -0.4 is 0 Å². The van der Waals surface area contributed by atoms with Gasteiger partial charge in [0.2, 0.25) is 5.91 Å². The van der Waals surface area contributed by atoms with Crippen molar-refractivity contribution in [1.82, 2.24) is 9.47 Å². The number of fused-ring (bicyclic) bond motifs is 1. The number of benzene rings is 2. The van der Waals surface area contributed by atoms with Crippen LogP contribution in [-0.2, 0) is 24.8 Å². The van der Waals surface area contributed by atoms with Crippen molar-refractivity contribution in [2.24, 2.45) is 7.05 Å². The highest BCUT2D eigenvalue weighted by molar-refractivity contribution is 5.89. The maximum absolute atomic E-state index is 12.9. The van der Waals surface area contributed by atoms with Gasteiger partial charge in [-0.15, -0.1) is 0 Å². The Hall–Kier alpha value is -2.55.